The molecule has 1 aliphatic heterocycles. The molecule has 1 fully saturated rings. The predicted molar refractivity (Wildman–Crippen MR) is 126 cm³/mol. The molecule has 3 rings (SSSR count). The number of nitrogens with zero attached hydrogens (tertiary/aromatic N) is 2. The summed E-state index contributed by atoms with van der Waals surface area (Å²) in [4.78, 5) is 28.8. The van der Waals surface area contributed by atoms with Gasteiger partial charge in [-0.1, -0.05) is 54.1 Å². The Balaban J connectivity index is 1.42. The van der Waals surface area contributed by atoms with E-state index in [2.05, 4.69) is 11.4 Å². The Hall–Kier alpha value is -2.86. The molecule has 6 nitrogen and oxygen atoms in total. The van der Waals surface area contributed by atoms with Crippen LogP contribution in [-0.4, -0.2) is 53.5 Å². The van der Waals surface area contributed by atoms with Gasteiger partial charge in [-0.15, -0.1) is 0 Å². The van der Waals surface area contributed by atoms with E-state index < -0.39 is 0 Å². The number of piperazine rings is 1. The van der Waals surface area contributed by atoms with E-state index in [1.54, 1.807) is 4.90 Å². The van der Waals surface area contributed by atoms with Gasteiger partial charge in [0.05, 0.1) is 18.6 Å². The fourth-order valence-corrected chi connectivity index (χ4v) is 3.57. The number of amides is 3. The van der Waals surface area contributed by atoms with E-state index in [0.717, 1.165) is 16.7 Å². The van der Waals surface area contributed by atoms with Crippen LogP contribution in [0.5, 0.6) is 0 Å². The summed E-state index contributed by atoms with van der Waals surface area (Å²) < 4.78 is 5.84. The topological polar surface area (TPSA) is 61.9 Å². The molecule has 0 aromatic heterocycles. The van der Waals surface area contributed by atoms with Gasteiger partial charge in [0, 0.05) is 32.7 Å². The van der Waals surface area contributed by atoms with E-state index in [1.807, 2.05) is 75.1 Å². The van der Waals surface area contributed by atoms with Crippen molar-refractivity contribution in [1.29, 1.82) is 0 Å². The maximum absolute atomic E-state index is 12.6. The highest BCUT2D eigenvalue weighted by atomic mass is 16.5. The van der Waals surface area contributed by atoms with Gasteiger partial charge in [0.15, 0.2) is 0 Å². The number of hydrogen-bond donors (Lipinski definition) is 1. The minimum Gasteiger partial charge on any atom is -0.371 e. The van der Waals surface area contributed by atoms with Crippen molar-refractivity contribution < 1.29 is 14.3 Å². The number of benzene rings is 2. The van der Waals surface area contributed by atoms with Gasteiger partial charge >= 0.3 is 6.03 Å². The first kappa shape index (κ1) is 23.8. The summed E-state index contributed by atoms with van der Waals surface area (Å²) in [6.45, 7) is 11.4. The minimum atomic E-state index is -0.187. The third-order valence-corrected chi connectivity index (χ3v) is 5.50. The maximum atomic E-state index is 12.6. The summed E-state index contributed by atoms with van der Waals surface area (Å²) in [7, 11) is 0. The first-order valence-corrected chi connectivity index (χ1v) is 11.3. The van der Waals surface area contributed by atoms with Crippen LogP contribution in [0.4, 0.5) is 4.79 Å². The minimum absolute atomic E-state index is 0.0908. The summed E-state index contributed by atoms with van der Waals surface area (Å²) in [5.41, 5.74) is 4.16. The zero-order valence-electron chi connectivity index (χ0n) is 19.7. The van der Waals surface area contributed by atoms with Crippen LogP contribution in [0.15, 0.2) is 48.5 Å². The molecule has 2 aromatic carbocycles. The van der Waals surface area contributed by atoms with Crippen LogP contribution in [0.3, 0.4) is 0 Å². The van der Waals surface area contributed by atoms with Crippen LogP contribution in [0.1, 0.15) is 43.0 Å². The molecular weight excluding hydrogens is 402 g/mol. The van der Waals surface area contributed by atoms with Gasteiger partial charge < -0.3 is 19.9 Å². The van der Waals surface area contributed by atoms with E-state index in [1.165, 1.54) is 5.56 Å². The monoisotopic (exact) mass is 437 g/mol. The van der Waals surface area contributed by atoms with Crippen molar-refractivity contribution in [2.75, 3.05) is 26.2 Å². The van der Waals surface area contributed by atoms with Gasteiger partial charge in [-0.3, -0.25) is 4.79 Å². The van der Waals surface area contributed by atoms with Gasteiger partial charge in [-0.05, 0) is 44.4 Å². The number of carbonyl (C=O) groups is 2. The van der Waals surface area contributed by atoms with Crippen molar-refractivity contribution >= 4 is 11.9 Å². The van der Waals surface area contributed by atoms with Crippen LogP contribution in [0.25, 0.3) is 0 Å². The largest absolute Gasteiger partial charge is 0.371 e. The van der Waals surface area contributed by atoms with E-state index in [9.17, 15) is 9.59 Å². The lowest BCUT2D eigenvalue weighted by atomic mass is 10.1. The number of urea groups is 1. The average molecular weight is 438 g/mol. The Kier molecular flexibility index (Phi) is 7.91. The van der Waals surface area contributed by atoms with Gasteiger partial charge in [-0.25, -0.2) is 4.79 Å². The van der Waals surface area contributed by atoms with Crippen molar-refractivity contribution in [2.45, 2.75) is 52.9 Å². The molecule has 1 N–H and O–H groups in total. The second kappa shape index (κ2) is 10.6. The highest BCUT2D eigenvalue weighted by Crippen LogP contribution is 2.13. The van der Waals surface area contributed by atoms with Crippen LogP contribution in [-0.2, 0) is 29.1 Å². The lowest BCUT2D eigenvalue weighted by Gasteiger charge is -2.34. The van der Waals surface area contributed by atoms with Crippen molar-refractivity contribution in [3.05, 3.63) is 70.8 Å². The second-order valence-electron chi connectivity index (χ2n) is 9.41. The van der Waals surface area contributed by atoms with Crippen LogP contribution >= 0.6 is 0 Å². The molecule has 6 heteroatoms. The first-order valence-electron chi connectivity index (χ1n) is 11.3. The number of nitrogens with one attached hydrogen (secondary N) is 1. The molecule has 0 unspecified atom stereocenters. The SMILES string of the molecule is Cc1ccc(CC(=O)N2CCN(C(=O)NCc3cccc(COC(C)(C)C)c3)CC2)cc1. The van der Waals surface area contributed by atoms with Crippen molar-refractivity contribution in [3.63, 3.8) is 0 Å². The highest BCUT2D eigenvalue weighted by Gasteiger charge is 2.24. The number of carbonyl (C=O) groups excluding carboxylic acids is 2. The molecule has 0 aliphatic carbocycles. The van der Waals surface area contributed by atoms with Gasteiger partial charge in [0.25, 0.3) is 0 Å². The van der Waals surface area contributed by atoms with E-state index in [0.29, 0.717) is 45.8 Å². The summed E-state index contributed by atoms with van der Waals surface area (Å²) in [5, 5.41) is 3.00. The molecule has 2 aromatic rings. The Morgan fingerprint density at radius 3 is 2.19 bits per heavy atom. The molecule has 0 radical (unpaired) electrons. The third-order valence-electron chi connectivity index (χ3n) is 5.50. The van der Waals surface area contributed by atoms with Crippen molar-refractivity contribution in [1.82, 2.24) is 15.1 Å². The Labute approximate surface area is 191 Å². The molecular formula is C26H35N3O3. The molecule has 0 spiro atoms. The third kappa shape index (κ3) is 7.38. The summed E-state index contributed by atoms with van der Waals surface area (Å²) in [5.74, 6) is 0.114. The molecule has 0 saturated carbocycles. The number of ether oxygens (including phenoxy) is 1. The molecule has 0 bridgehead atoms. The smallest absolute Gasteiger partial charge is 0.317 e. The fraction of sp³-hybridized carbons (Fsp3) is 0.462. The predicted octanol–water partition coefficient (Wildman–Crippen LogP) is 3.91. The number of hydrogen-bond acceptors (Lipinski definition) is 3. The Bertz CT molecular complexity index is 911. The number of aryl methyl sites for hydroxylation is 1. The lowest BCUT2D eigenvalue weighted by Crippen LogP contribution is -2.53. The molecule has 32 heavy (non-hydrogen) atoms. The highest BCUT2D eigenvalue weighted by molar-refractivity contribution is 5.79. The average Bonchev–Trinajstić information content (AvgIpc) is 2.77. The Morgan fingerprint density at radius 2 is 1.53 bits per heavy atom. The maximum Gasteiger partial charge on any atom is 0.317 e. The van der Waals surface area contributed by atoms with Gasteiger partial charge in [0.1, 0.15) is 0 Å². The quantitative estimate of drug-likeness (QED) is 0.745. The zero-order chi connectivity index (χ0) is 23.1. The van der Waals surface area contributed by atoms with Crippen molar-refractivity contribution in [2.24, 2.45) is 0 Å². The molecule has 1 heterocycles. The standard InChI is InChI=1S/C26H35N3O3/c1-20-8-10-21(11-9-20)17-24(30)28-12-14-29(15-13-28)25(31)27-18-22-6-5-7-23(16-22)19-32-26(2,3)4/h5-11,16H,12-15,17-19H2,1-4H3,(H,27,31). The molecule has 3 amide bonds. The fourth-order valence-electron chi connectivity index (χ4n) is 3.57. The molecule has 0 atom stereocenters. The Morgan fingerprint density at radius 1 is 0.906 bits per heavy atom. The normalized spacial score (nSPS) is 14.4. The summed E-state index contributed by atoms with van der Waals surface area (Å²) >= 11 is 0. The second-order valence-corrected chi connectivity index (χ2v) is 9.41. The molecule has 1 saturated heterocycles. The van der Waals surface area contributed by atoms with E-state index >= 15 is 0 Å². The summed E-state index contributed by atoms with van der Waals surface area (Å²) in [6.07, 6.45) is 0.405. The first-order chi connectivity index (χ1) is 15.2. The van der Waals surface area contributed by atoms with Crippen molar-refractivity contribution in [3.8, 4) is 0 Å². The number of rotatable bonds is 6. The van der Waals surface area contributed by atoms with Crippen LogP contribution < -0.4 is 5.32 Å². The van der Waals surface area contributed by atoms with Gasteiger partial charge in [0.2, 0.25) is 5.91 Å². The van der Waals surface area contributed by atoms with Crippen LogP contribution in [0.2, 0.25) is 0 Å². The van der Waals surface area contributed by atoms with Crippen LogP contribution in [0, 0.1) is 6.92 Å². The van der Waals surface area contributed by atoms with E-state index in [-0.39, 0.29) is 17.5 Å². The zero-order valence-corrected chi connectivity index (χ0v) is 19.7. The molecule has 1 aliphatic rings. The van der Waals surface area contributed by atoms with Gasteiger partial charge in [-0.2, -0.15) is 0 Å². The lowest BCUT2D eigenvalue weighted by molar-refractivity contribution is -0.131. The molecule has 172 valence electrons. The summed E-state index contributed by atoms with van der Waals surface area (Å²) in [6, 6.07) is 16.0. The van der Waals surface area contributed by atoms with E-state index in [4.69, 9.17) is 4.74 Å².